The van der Waals surface area contributed by atoms with Gasteiger partial charge in [0.05, 0.1) is 11.1 Å². The van der Waals surface area contributed by atoms with Gasteiger partial charge < -0.3 is 4.42 Å². The standard InChI is InChI=1S/C34H25N4O/c1-22-19-20-26-25-16-11-17-27(30(25)39-31(26)29(22)28-18-9-10-21-38(28)2)34-36-32(23-12-5-3-6-13-23)35-33(37-34)24-14-7-4-8-15-24/h3-21H,1-2H3/q+1. The minimum Gasteiger partial charge on any atom is -0.454 e. The first-order valence-electron chi connectivity index (χ1n) is 12.9. The quantitative estimate of drug-likeness (QED) is 0.232. The maximum atomic E-state index is 6.74. The number of aromatic nitrogens is 4. The van der Waals surface area contributed by atoms with Crippen molar-refractivity contribution >= 4 is 21.9 Å². The number of benzene rings is 4. The summed E-state index contributed by atoms with van der Waals surface area (Å²) >= 11 is 0. The lowest BCUT2D eigenvalue weighted by Gasteiger charge is -2.08. The third-order valence-electron chi connectivity index (χ3n) is 7.13. The van der Waals surface area contributed by atoms with E-state index in [0.717, 1.165) is 55.4 Å². The molecule has 0 aliphatic carbocycles. The molecular weight excluding hydrogens is 480 g/mol. The van der Waals surface area contributed by atoms with E-state index in [1.165, 1.54) is 0 Å². The predicted molar refractivity (Wildman–Crippen MR) is 155 cm³/mol. The third kappa shape index (κ3) is 3.96. The van der Waals surface area contributed by atoms with Crippen LogP contribution in [0.1, 0.15) is 5.56 Å². The highest BCUT2D eigenvalue weighted by atomic mass is 16.3. The van der Waals surface area contributed by atoms with Gasteiger partial charge in [0.2, 0.25) is 5.69 Å². The molecule has 7 aromatic rings. The number of nitrogens with zero attached hydrogens (tertiary/aromatic N) is 4. The van der Waals surface area contributed by atoms with E-state index in [0.29, 0.717) is 17.5 Å². The molecule has 3 heterocycles. The Morgan fingerprint density at radius 2 is 1.18 bits per heavy atom. The smallest absolute Gasteiger partial charge is 0.216 e. The Bertz CT molecular complexity index is 1920. The van der Waals surface area contributed by atoms with Gasteiger partial charge in [-0.15, -0.1) is 0 Å². The first kappa shape index (κ1) is 23.0. The van der Waals surface area contributed by atoms with Crippen LogP contribution in [0.2, 0.25) is 0 Å². The lowest BCUT2D eigenvalue weighted by molar-refractivity contribution is -0.660. The van der Waals surface area contributed by atoms with Crippen molar-refractivity contribution < 1.29 is 8.98 Å². The molecule has 0 saturated heterocycles. The minimum atomic E-state index is 0.580. The maximum Gasteiger partial charge on any atom is 0.216 e. The van der Waals surface area contributed by atoms with E-state index >= 15 is 0 Å². The SMILES string of the molecule is Cc1ccc2c(oc3c(-c4nc(-c5ccccc5)nc(-c5ccccc5)n4)cccc32)c1-c1cccc[n+]1C. The normalized spacial score (nSPS) is 11.3. The van der Waals surface area contributed by atoms with E-state index in [1.807, 2.05) is 78.9 Å². The van der Waals surface area contributed by atoms with Gasteiger partial charge in [-0.2, -0.15) is 0 Å². The lowest BCUT2D eigenvalue weighted by Crippen LogP contribution is -2.30. The second kappa shape index (κ2) is 9.30. The van der Waals surface area contributed by atoms with Gasteiger partial charge in [0.15, 0.2) is 23.7 Å². The van der Waals surface area contributed by atoms with Gasteiger partial charge in [-0.3, -0.25) is 0 Å². The van der Waals surface area contributed by atoms with Crippen LogP contribution in [0.3, 0.4) is 0 Å². The molecule has 4 aromatic carbocycles. The first-order valence-corrected chi connectivity index (χ1v) is 12.9. The Labute approximate surface area is 226 Å². The fourth-order valence-electron chi connectivity index (χ4n) is 5.17. The fourth-order valence-corrected chi connectivity index (χ4v) is 5.17. The summed E-state index contributed by atoms with van der Waals surface area (Å²) in [5, 5.41) is 2.10. The predicted octanol–water partition coefficient (Wildman–Crippen LogP) is 7.57. The van der Waals surface area contributed by atoms with E-state index in [2.05, 4.69) is 55.1 Å². The average molecular weight is 506 g/mol. The number of pyridine rings is 1. The van der Waals surface area contributed by atoms with E-state index in [9.17, 15) is 0 Å². The molecule has 0 radical (unpaired) electrons. The van der Waals surface area contributed by atoms with Crippen molar-refractivity contribution in [2.45, 2.75) is 6.92 Å². The number of hydrogen-bond donors (Lipinski definition) is 0. The Kier molecular flexibility index (Phi) is 5.48. The van der Waals surface area contributed by atoms with Crippen LogP contribution < -0.4 is 4.57 Å². The third-order valence-corrected chi connectivity index (χ3v) is 7.13. The summed E-state index contributed by atoms with van der Waals surface area (Å²) in [6.45, 7) is 2.13. The van der Waals surface area contributed by atoms with Gasteiger partial charge in [-0.1, -0.05) is 84.9 Å². The largest absolute Gasteiger partial charge is 0.454 e. The number of rotatable bonds is 4. The van der Waals surface area contributed by atoms with Crippen LogP contribution in [0.25, 0.3) is 67.4 Å². The highest BCUT2D eigenvalue weighted by Gasteiger charge is 2.22. The zero-order chi connectivity index (χ0) is 26.3. The van der Waals surface area contributed by atoms with Crippen LogP contribution >= 0.6 is 0 Å². The van der Waals surface area contributed by atoms with Crippen molar-refractivity contribution in [3.8, 4) is 45.4 Å². The molecule has 3 aromatic heterocycles. The van der Waals surface area contributed by atoms with Crippen LogP contribution in [0, 0.1) is 6.92 Å². The second-order valence-electron chi connectivity index (χ2n) is 9.65. The summed E-state index contributed by atoms with van der Waals surface area (Å²) < 4.78 is 8.86. The Hall–Kier alpha value is -5.16. The van der Waals surface area contributed by atoms with Crippen molar-refractivity contribution in [3.05, 3.63) is 121 Å². The highest BCUT2D eigenvalue weighted by Crippen LogP contribution is 2.40. The van der Waals surface area contributed by atoms with E-state index in [1.54, 1.807) is 0 Å². The molecule has 0 atom stereocenters. The van der Waals surface area contributed by atoms with Crippen molar-refractivity contribution in [2.75, 3.05) is 0 Å². The molecule has 186 valence electrons. The molecule has 0 fully saturated rings. The Balaban J connectivity index is 1.51. The number of hydrogen-bond acceptors (Lipinski definition) is 4. The molecule has 0 spiro atoms. The molecule has 0 N–H and O–H groups in total. The van der Waals surface area contributed by atoms with Crippen molar-refractivity contribution in [1.82, 2.24) is 15.0 Å². The molecular formula is C34H25N4O+. The first-order chi connectivity index (χ1) is 19.2. The second-order valence-corrected chi connectivity index (χ2v) is 9.65. The summed E-state index contributed by atoms with van der Waals surface area (Å²) in [7, 11) is 2.06. The molecule has 0 unspecified atom stereocenters. The van der Waals surface area contributed by atoms with Crippen molar-refractivity contribution in [2.24, 2.45) is 7.05 Å². The van der Waals surface area contributed by atoms with Crippen LogP contribution in [-0.4, -0.2) is 15.0 Å². The maximum absolute atomic E-state index is 6.74. The van der Waals surface area contributed by atoms with Gasteiger partial charge in [0, 0.05) is 34.0 Å². The number of aryl methyl sites for hydroxylation is 2. The summed E-state index contributed by atoms with van der Waals surface area (Å²) in [6.07, 6.45) is 2.06. The summed E-state index contributed by atoms with van der Waals surface area (Å²) in [4.78, 5) is 14.7. The molecule has 0 aliphatic rings. The molecule has 5 nitrogen and oxygen atoms in total. The van der Waals surface area contributed by atoms with Gasteiger partial charge in [0.25, 0.3) is 0 Å². The van der Waals surface area contributed by atoms with Gasteiger partial charge >= 0.3 is 0 Å². The topological polar surface area (TPSA) is 55.7 Å². The zero-order valence-corrected chi connectivity index (χ0v) is 21.7. The number of furan rings is 1. The number of para-hydroxylation sites is 1. The Morgan fingerprint density at radius 1 is 0.564 bits per heavy atom. The monoisotopic (exact) mass is 505 g/mol. The Morgan fingerprint density at radius 3 is 1.85 bits per heavy atom. The number of fused-ring (bicyclic) bond motifs is 3. The molecule has 0 amide bonds. The fraction of sp³-hybridized carbons (Fsp3) is 0.0588. The molecule has 0 saturated carbocycles. The van der Waals surface area contributed by atoms with Gasteiger partial charge in [-0.05, 0) is 24.6 Å². The molecule has 0 aliphatic heterocycles. The average Bonchev–Trinajstić information content (AvgIpc) is 3.37. The minimum absolute atomic E-state index is 0.580. The van der Waals surface area contributed by atoms with Gasteiger partial charge in [0.1, 0.15) is 18.2 Å². The van der Waals surface area contributed by atoms with E-state index < -0.39 is 0 Å². The summed E-state index contributed by atoms with van der Waals surface area (Å²) in [5.41, 5.74) is 7.67. The molecule has 5 heteroatoms. The van der Waals surface area contributed by atoms with Crippen LogP contribution in [0.5, 0.6) is 0 Å². The molecule has 0 bridgehead atoms. The van der Waals surface area contributed by atoms with Crippen LogP contribution in [-0.2, 0) is 7.05 Å². The van der Waals surface area contributed by atoms with Crippen LogP contribution in [0.15, 0.2) is 120 Å². The highest BCUT2D eigenvalue weighted by molar-refractivity contribution is 6.12. The summed E-state index contributed by atoms with van der Waals surface area (Å²) in [6, 6.07) is 36.7. The van der Waals surface area contributed by atoms with Gasteiger partial charge in [-0.25, -0.2) is 19.5 Å². The summed E-state index contributed by atoms with van der Waals surface area (Å²) in [5.74, 6) is 1.83. The van der Waals surface area contributed by atoms with Crippen molar-refractivity contribution in [3.63, 3.8) is 0 Å². The molecule has 7 rings (SSSR count). The molecule has 39 heavy (non-hydrogen) atoms. The van der Waals surface area contributed by atoms with E-state index in [4.69, 9.17) is 19.4 Å². The van der Waals surface area contributed by atoms with Crippen molar-refractivity contribution in [1.29, 1.82) is 0 Å². The zero-order valence-electron chi connectivity index (χ0n) is 21.7. The lowest BCUT2D eigenvalue weighted by atomic mass is 10.00. The van der Waals surface area contributed by atoms with Crippen LogP contribution in [0.4, 0.5) is 0 Å². The van der Waals surface area contributed by atoms with E-state index in [-0.39, 0.29) is 0 Å².